The molecule has 0 spiro atoms. The third-order valence-electron chi connectivity index (χ3n) is 24.5. The van der Waals surface area contributed by atoms with Gasteiger partial charge in [-0.2, -0.15) is 0 Å². The van der Waals surface area contributed by atoms with Crippen LogP contribution in [0.1, 0.15) is 16.7 Å². The van der Waals surface area contributed by atoms with Gasteiger partial charge in [0.05, 0.1) is 0 Å². The van der Waals surface area contributed by atoms with E-state index in [2.05, 4.69) is 415 Å². The third kappa shape index (κ3) is 11.3. The van der Waals surface area contributed by atoms with Crippen LogP contribution in [0.3, 0.4) is 0 Å². The van der Waals surface area contributed by atoms with E-state index in [1.165, 1.54) is 210 Å². The van der Waals surface area contributed by atoms with E-state index in [0.717, 1.165) is 12.8 Å². The van der Waals surface area contributed by atoms with Gasteiger partial charge in [-0.15, -0.1) is 0 Å². The number of rotatable bonds is 16. The lowest BCUT2D eigenvalue weighted by atomic mass is 9.33. The average molecular weight is 1440 g/mol. The van der Waals surface area contributed by atoms with Crippen molar-refractivity contribution in [1.29, 1.82) is 0 Å². The number of para-hydroxylation sites is 2. The van der Waals surface area contributed by atoms with Gasteiger partial charge < -0.3 is 14.4 Å². The topological polar surface area (TPSA) is 11.4 Å². The molecule has 0 N–H and O–H groups in total. The lowest BCUT2D eigenvalue weighted by Crippen LogP contribution is -2.62. The van der Waals surface area contributed by atoms with Crippen LogP contribution in [0.4, 0.5) is 22.7 Å². The van der Waals surface area contributed by atoms with Crippen LogP contribution in [-0.4, -0.2) is 24.4 Å². The number of fused-ring (bicyclic) bond motifs is 9. The normalized spacial score (nSPS) is 12.4. The number of anilines is 4. The van der Waals surface area contributed by atoms with Gasteiger partial charge in [-0.1, -0.05) is 340 Å². The highest BCUT2D eigenvalue weighted by molar-refractivity contribution is 7.00. The Bertz CT molecular complexity index is 6820. The molecule has 22 rings (SSSR count). The molecule has 20 aromatic rings. The molecule has 3 heterocycles. The van der Waals surface area contributed by atoms with E-state index in [1.54, 1.807) is 0 Å². The highest BCUT2D eigenvalue weighted by Gasteiger charge is 2.44. The van der Waals surface area contributed by atoms with E-state index < -0.39 is 0 Å². The zero-order valence-corrected chi connectivity index (χ0v) is 62.6. The van der Waals surface area contributed by atoms with Gasteiger partial charge in [0.2, 0.25) is 0 Å². The van der Waals surface area contributed by atoms with Crippen molar-refractivity contribution in [3.63, 3.8) is 0 Å². The molecule has 113 heavy (non-hydrogen) atoms. The molecule has 0 radical (unpaired) electrons. The summed E-state index contributed by atoms with van der Waals surface area (Å²) >= 11 is 0. The summed E-state index contributed by atoms with van der Waals surface area (Å²) in [6, 6.07) is 151. The second-order valence-electron chi connectivity index (χ2n) is 30.7. The van der Waals surface area contributed by atoms with Crippen LogP contribution < -0.4 is 26.2 Å². The quantitative estimate of drug-likeness (QED) is 0.0543. The molecule has 19 aromatic carbocycles. The predicted molar refractivity (Wildman–Crippen MR) is 482 cm³/mol. The maximum Gasteiger partial charge on any atom is 0.252 e. The van der Waals surface area contributed by atoms with E-state index >= 15 is 0 Å². The van der Waals surface area contributed by atoms with Crippen LogP contribution >= 0.6 is 0 Å². The first-order valence-electron chi connectivity index (χ1n) is 39.8. The SMILES string of the molecule is c1ccc(-c2ccc3c(c2)B2c4cc(-c5ccc6c7cccc8cccc(c9cccc5c96)c87)ccc4N(CCc4c(-c5ccccc5)cc(-c5ccccc5)cc4-c4ccccc4)c4cc(Cn5c6ccccc6c6ccccc65)cc(c42)N3CCc2c(-c3ccccc3)cc(-c3ccccc3)cc2-c2ccccc2)cc1. The van der Waals surface area contributed by atoms with Crippen LogP contribution in [0.5, 0.6) is 0 Å². The maximum atomic E-state index is 2.77. The first kappa shape index (κ1) is 66.0. The zero-order chi connectivity index (χ0) is 74.5. The molecule has 4 heteroatoms. The molecule has 0 unspecified atom stereocenters. The molecular weight excluding hydrogens is 1360 g/mol. The number of benzene rings is 19. The summed E-state index contributed by atoms with van der Waals surface area (Å²) < 4.78 is 2.58. The van der Waals surface area contributed by atoms with E-state index in [4.69, 9.17) is 0 Å². The largest absolute Gasteiger partial charge is 0.342 e. The van der Waals surface area contributed by atoms with Crippen molar-refractivity contribution in [3.8, 4) is 89.0 Å². The molecular formula is C109H76BN3. The number of hydrogen-bond donors (Lipinski definition) is 0. The Morgan fingerprint density at radius 2 is 0.575 bits per heavy atom. The molecule has 2 aliphatic rings. The summed E-state index contributed by atoms with van der Waals surface area (Å²) in [5, 5.41) is 12.9. The summed E-state index contributed by atoms with van der Waals surface area (Å²) in [7, 11) is 0. The standard InChI is InChI=1S/C109H76BN3/c1-8-29-73(30-9-1)81-53-57-103-99(69-81)110-100-70-82(85-55-56-94-92-48-27-44-80-43-26-47-91(107(80)92)93-50-28-49-90(85)108(93)94)54-58-104(100)112(62-60-87-97(78-39-18-6-19-40-78)67-84(75-33-12-3-13-34-75)68-98(87)79-41-20-7-21-42-79)106-64-72(71-113-101-51-24-22-45-88(101)89-46-23-25-52-102(89)113)63-105(109(106)110)111(103)61-59-86-95(76-35-14-4-15-36-76)65-83(74-31-10-2-11-32-74)66-96(86)77-37-16-5-17-38-77/h1-58,63-70H,59-62,71H2. The van der Waals surface area contributed by atoms with Gasteiger partial charge in [-0.05, 0) is 239 Å². The van der Waals surface area contributed by atoms with Crippen molar-refractivity contribution in [2.24, 2.45) is 0 Å². The summed E-state index contributed by atoms with van der Waals surface area (Å²) in [5.74, 6) is 0. The fourth-order valence-electron chi connectivity index (χ4n) is 19.5. The minimum atomic E-state index is -0.178. The summed E-state index contributed by atoms with van der Waals surface area (Å²) in [5.41, 5.74) is 34.6. The molecule has 0 saturated carbocycles. The van der Waals surface area contributed by atoms with Crippen molar-refractivity contribution >= 4 is 111 Å². The van der Waals surface area contributed by atoms with Gasteiger partial charge in [-0.25, -0.2) is 0 Å². The van der Waals surface area contributed by atoms with Gasteiger partial charge in [0.1, 0.15) is 0 Å². The molecule has 1 aromatic heterocycles. The molecule has 0 bridgehead atoms. The fraction of sp³-hybridized carbons (Fsp3) is 0.0459. The van der Waals surface area contributed by atoms with Crippen molar-refractivity contribution in [2.45, 2.75) is 19.4 Å². The second-order valence-corrected chi connectivity index (χ2v) is 30.7. The fourth-order valence-corrected chi connectivity index (χ4v) is 19.5. The lowest BCUT2D eigenvalue weighted by molar-refractivity contribution is 0.860. The highest BCUT2D eigenvalue weighted by atomic mass is 15.2. The predicted octanol–water partition coefficient (Wildman–Crippen LogP) is 26.1. The van der Waals surface area contributed by atoms with Gasteiger partial charge in [0, 0.05) is 64.2 Å². The van der Waals surface area contributed by atoms with E-state index in [9.17, 15) is 0 Å². The van der Waals surface area contributed by atoms with Gasteiger partial charge in [0.25, 0.3) is 6.71 Å². The van der Waals surface area contributed by atoms with Gasteiger partial charge in [0.15, 0.2) is 0 Å². The van der Waals surface area contributed by atoms with Crippen LogP contribution in [0, 0.1) is 0 Å². The van der Waals surface area contributed by atoms with Crippen molar-refractivity contribution in [2.75, 3.05) is 22.9 Å². The highest BCUT2D eigenvalue weighted by Crippen LogP contribution is 2.48. The molecule has 2 aliphatic heterocycles. The third-order valence-corrected chi connectivity index (χ3v) is 24.5. The first-order valence-corrected chi connectivity index (χ1v) is 39.8. The zero-order valence-electron chi connectivity index (χ0n) is 62.6. The van der Waals surface area contributed by atoms with Crippen molar-refractivity contribution in [3.05, 3.63) is 417 Å². The molecule has 0 saturated heterocycles. The number of nitrogens with zero attached hydrogens (tertiary/aromatic N) is 3. The molecule has 0 atom stereocenters. The molecule has 0 fully saturated rings. The smallest absolute Gasteiger partial charge is 0.252 e. The molecule has 530 valence electrons. The number of aromatic nitrogens is 1. The Morgan fingerprint density at radius 1 is 0.221 bits per heavy atom. The van der Waals surface area contributed by atoms with E-state index in [-0.39, 0.29) is 6.71 Å². The van der Waals surface area contributed by atoms with Crippen LogP contribution in [0.25, 0.3) is 154 Å². The Kier molecular flexibility index (Phi) is 16.1. The average Bonchev–Trinajstić information content (AvgIpc) is 1.26. The van der Waals surface area contributed by atoms with Gasteiger partial charge >= 0.3 is 0 Å². The van der Waals surface area contributed by atoms with Crippen molar-refractivity contribution in [1.82, 2.24) is 4.57 Å². The lowest BCUT2D eigenvalue weighted by Gasteiger charge is -2.45. The Hall–Kier alpha value is -14.1. The minimum absolute atomic E-state index is 0.178. The van der Waals surface area contributed by atoms with Gasteiger partial charge in [-0.3, -0.25) is 0 Å². The Labute approximate surface area is 659 Å². The van der Waals surface area contributed by atoms with Crippen LogP contribution in [0.2, 0.25) is 0 Å². The minimum Gasteiger partial charge on any atom is -0.342 e. The van der Waals surface area contributed by atoms with Crippen LogP contribution in [0.15, 0.2) is 400 Å². The number of hydrogen-bond acceptors (Lipinski definition) is 2. The van der Waals surface area contributed by atoms with E-state index in [1.807, 2.05) is 0 Å². The Morgan fingerprint density at radius 3 is 1.03 bits per heavy atom. The first-order chi connectivity index (χ1) is 56.1. The molecule has 0 amide bonds. The Balaban J connectivity index is 0.809. The summed E-state index contributed by atoms with van der Waals surface area (Å²) in [6.07, 6.45) is 1.49. The molecule has 3 nitrogen and oxygen atoms in total. The van der Waals surface area contributed by atoms with E-state index in [0.29, 0.717) is 19.6 Å². The van der Waals surface area contributed by atoms with Crippen molar-refractivity contribution < 1.29 is 0 Å². The monoisotopic (exact) mass is 1440 g/mol. The van der Waals surface area contributed by atoms with Crippen LogP contribution in [-0.2, 0) is 19.4 Å². The summed E-state index contributed by atoms with van der Waals surface area (Å²) in [4.78, 5) is 5.52. The maximum absolute atomic E-state index is 2.77. The molecule has 0 aliphatic carbocycles. The summed E-state index contributed by atoms with van der Waals surface area (Å²) in [6.45, 7) is 1.86. The second kappa shape index (κ2) is 27.5.